The molecule has 6 nitrogen and oxygen atoms in total. The van der Waals surface area contributed by atoms with Crippen molar-refractivity contribution in [3.63, 3.8) is 0 Å². The van der Waals surface area contributed by atoms with Crippen molar-refractivity contribution in [1.82, 2.24) is 0 Å². The Morgan fingerprint density at radius 1 is 0.967 bits per heavy atom. The zero-order valence-electron chi connectivity index (χ0n) is 16.5. The largest absolute Gasteiger partial charge is 0.502 e. The average Bonchev–Trinajstić information content (AvgIpc) is 2.79. The third-order valence-corrected chi connectivity index (χ3v) is 5.23. The van der Waals surface area contributed by atoms with Gasteiger partial charge in [0.1, 0.15) is 11.3 Å². The molecule has 0 radical (unpaired) electrons. The Balaban J connectivity index is 2.01. The maximum atomic E-state index is 12.8. The Hall–Kier alpha value is -3.80. The highest BCUT2D eigenvalue weighted by molar-refractivity contribution is 5.92. The van der Waals surface area contributed by atoms with Gasteiger partial charge in [0, 0.05) is 5.39 Å². The van der Waals surface area contributed by atoms with Crippen LogP contribution in [0.15, 0.2) is 69.9 Å². The van der Waals surface area contributed by atoms with E-state index in [2.05, 4.69) is 0 Å². The smallest absolute Gasteiger partial charge is 0.306 e. The van der Waals surface area contributed by atoms with Gasteiger partial charge in [0.25, 0.3) is 0 Å². The SMILES string of the molecule is COC(=O)CC(c1oc2ccccc2c(=O)c1O)c1ccc(OC)c2ccccc12. The number of carbonyl (C=O) groups is 1. The highest BCUT2D eigenvalue weighted by Crippen LogP contribution is 2.40. The number of ether oxygens (including phenoxy) is 2. The van der Waals surface area contributed by atoms with Crippen LogP contribution in [0.25, 0.3) is 21.7 Å². The predicted octanol–water partition coefficient (Wildman–Crippen LogP) is 4.36. The number of carbonyl (C=O) groups excluding carboxylic acids is 1. The molecule has 1 N–H and O–H groups in total. The van der Waals surface area contributed by atoms with Gasteiger partial charge >= 0.3 is 5.97 Å². The van der Waals surface area contributed by atoms with Gasteiger partial charge in [-0.15, -0.1) is 0 Å². The molecule has 30 heavy (non-hydrogen) atoms. The number of methoxy groups -OCH3 is 2. The zero-order chi connectivity index (χ0) is 21.3. The highest BCUT2D eigenvalue weighted by atomic mass is 16.5. The molecule has 1 heterocycles. The molecule has 3 aromatic carbocycles. The van der Waals surface area contributed by atoms with Gasteiger partial charge in [0.2, 0.25) is 11.2 Å². The van der Waals surface area contributed by atoms with Gasteiger partial charge in [0.05, 0.1) is 31.9 Å². The normalized spacial score (nSPS) is 12.1. The second-order valence-corrected chi connectivity index (χ2v) is 6.88. The first kappa shape index (κ1) is 19.5. The summed E-state index contributed by atoms with van der Waals surface area (Å²) in [6, 6.07) is 17.8. The number of rotatable bonds is 5. The van der Waals surface area contributed by atoms with Gasteiger partial charge in [-0.25, -0.2) is 0 Å². The number of hydrogen-bond donors (Lipinski definition) is 1. The molecule has 4 rings (SSSR count). The highest BCUT2D eigenvalue weighted by Gasteiger charge is 2.28. The van der Waals surface area contributed by atoms with Crippen LogP contribution in [0.5, 0.6) is 11.5 Å². The van der Waals surface area contributed by atoms with Gasteiger partial charge in [-0.2, -0.15) is 0 Å². The summed E-state index contributed by atoms with van der Waals surface area (Å²) < 4.78 is 16.3. The third kappa shape index (κ3) is 3.26. The summed E-state index contributed by atoms with van der Waals surface area (Å²) in [6.07, 6.45) is -0.109. The lowest BCUT2D eigenvalue weighted by Gasteiger charge is -2.20. The minimum Gasteiger partial charge on any atom is -0.502 e. The van der Waals surface area contributed by atoms with Crippen LogP contribution < -0.4 is 10.2 Å². The molecule has 4 aromatic rings. The molecule has 0 bridgehead atoms. The van der Waals surface area contributed by atoms with Crippen molar-refractivity contribution in [1.29, 1.82) is 0 Å². The van der Waals surface area contributed by atoms with Crippen LogP contribution in [-0.4, -0.2) is 25.3 Å². The van der Waals surface area contributed by atoms with Crippen LogP contribution in [0.1, 0.15) is 23.7 Å². The Labute approximate surface area is 172 Å². The third-order valence-electron chi connectivity index (χ3n) is 5.23. The van der Waals surface area contributed by atoms with Gasteiger partial charge in [-0.1, -0.05) is 42.5 Å². The van der Waals surface area contributed by atoms with Crippen LogP contribution in [0.3, 0.4) is 0 Å². The molecule has 0 aliphatic rings. The topological polar surface area (TPSA) is 86.0 Å². The van der Waals surface area contributed by atoms with Crippen molar-refractivity contribution < 1.29 is 23.8 Å². The van der Waals surface area contributed by atoms with E-state index in [1.54, 1.807) is 37.4 Å². The molecule has 0 saturated heterocycles. The first-order chi connectivity index (χ1) is 14.5. The zero-order valence-corrected chi connectivity index (χ0v) is 16.5. The summed E-state index contributed by atoms with van der Waals surface area (Å²) in [4.78, 5) is 25.0. The fourth-order valence-electron chi connectivity index (χ4n) is 3.76. The second kappa shape index (κ2) is 7.91. The molecule has 0 amide bonds. The molecule has 152 valence electrons. The van der Waals surface area contributed by atoms with Gasteiger partial charge in [0.15, 0.2) is 5.76 Å². The molecule has 6 heteroatoms. The molecule has 1 unspecified atom stereocenters. The summed E-state index contributed by atoms with van der Waals surface area (Å²) in [7, 11) is 2.88. The molecular weight excluding hydrogens is 384 g/mol. The van der Waals surface area contributed by atoms with Gasteiger partial charge in [-0.3, -0.25) is 9.59 Å². The summed E-state index contributed by atoms with van der Waals surface area (Å²) in [6.45, 7) is 0. The standard InChI is InChI=1S/C24H20O6/c1-28-19-12-11-15(14-7-3-4-8-16(14)19)18(13-21(25)29-2)24-23(27)22(26)17-9-5-6-10-20(17)30-24/h3-12,18,27H,13H2,1-2H3. The van der Waals surface area contributed by atoms with E-state index < -0.39 is 23.1 Å². The van der Waals surface area contributed by atoms with Crippen molar-refractivity contribution >= 4 is 27.7 Å². The number of aromatic hydroxyl groups is 1. The Bertz CT molecular complexity index is 1300. The molecule has 0 spiro atoms. The first-order valence-electron chi connectivity index (χ1n) is 9.42. The van der Waals surface area contributed by atoms with Crippen molar-refractivity contribution in [2.45, 2.75) is 12.3 Å². The monoisotopic (exact) mass is 404 g/mol. The van der Waals surface area contributed by atoms with Crippen LogP contribution in [0.2, 0.25) is 0 Å². The first-order valence-corrected chi connectivity index (χ1v) is 9.42. The molecule has 0 aliphatic heterocycles. The quantitative estimate of drug-likeness (QED) is 0.498. The molecule has 1 atom stereocenters. The van der Waals surface area contributed by atoms with Crippen molar-refractivity contribution in [3.05, 3.63) is 82.2 Å². The Kier molecular flexibility index (Phi) is 5.14. The van der Waals surface area contributed by atoms with Crippen LogP contribution >= 0.6 is 0 Å². The lowest BCUT2D eigenvalue weighted by atomic mass is 9.88. The molecular formula is C24H20O6. The van der Waals surface area contributed by atoms with Crippen molar-refractivity contribution in [2.75, 3.05) is 14.2 Å². The molecule has 0 aliphatic carbocycles. The Morgan fingerprint density at radius 3 is 2.33 bits per heavy atom. The minimum atomic E-state index is -0.731. The van der Waals surface area contributed by atoms with E-state index in [1.165, 1.54) is 7.11 Å². The van der Waals surface area contributed by atoms with Crippen LogP contribution in [0.4, 0.5) is 0 Å². The maximum absolute atomic E-state index is 12.8. The number of hydrogen-bond acceptors (Lipinski definition) is 6. The lowest BCUT2D eigenvalue weighted by Crippen LogP contribution is -2.14. The molecule has 0 saturated carbocycles. The number of fused-ring (bicyclic) bond motifs is 2. The number of benzene rings is 3. The summed E-state index contributed by atoms with van der Waals surface area (Å²) >= 11 is 0. The Morgan fingerprint density at radius 2 is 1.63 bits per heavy atom. The van der Waals surface area contributed by atoms with Crippen LogP contribution in [0, 0.1) is 0 Å². The summed E-state index contributed by atoms with van der Waals surface area (Å²) in [5.41, 5.74) is 0.507. The number of para-hydroxylation sites is 1. The fourth-order valence-corrected chi connectivity index (χ4v) is 3.76. The van der Waals surface area contributed by atoms with Crippen molar-refractivity contribution in [3.8, 4) is 11.5 Å². The average molecular weight is 404 g/mol. The van der Waals surface area contributed by atoms with Crippen molar-refractivity contribution in [2.24, 2.45) is 0 Å². The minimum absolute atomic E-state index is 0.0272. The second-order valence-electron chi connectivity index (χ2n) is 6.88. The molecule has 0 fully saturated rings. The maximum Gasteiger partial charge on any atom is 0.306 e. The van der Waals surface area contributed by atoms with E-state index >= 15 is 0 Å². The van der Waals surface area contributed by atoms with E-state index in [-0.39, 0.29) is 17.6 Å². The van der Waals surface area contributed by atoms with Gasteiger partial charge in [-0.05, 0) is 29.1 Å². The van der Waals surface area contributed by atoms with Crippen LogP contribution in [-0.2, 0) is 9.53 Å². The summed E-state index contributed by atoms with van der Waals surface area (Å²) in [5, 5.41) is 12.6. The van der Waals surface area contributed by atoms with Gasteiger partial charge < -0.3 is 19.0 Å². The van der Waals surface area contributed by atoms with E-state index in [0.29, 0.717) is 16.9 Å². The van der Waals surface area contributed by atoms with E-state index in [9.17, 15) is 14.7 Å². The molecule has 1 aromatic heterocycles. The van der Waals surface area contributed by atoms with E-state index in [4.69, 9.17) is 13.9 Å². The fraction of sp³-hybridized carbons (Fsp3) is 0.167. The number of esters is 1. The van der Waals surface area contributed by atoms with E-state index in [1.807, 2.05) is 30.3 Å². The van der Waals surface area contributed by atoms with E-state index in [0.717, 1.165) is 10.8 Å². The predicted molar refractivity (Wildman–Crippen MR) is 113 cm³/mol. The summed E-state index contributed by atoms with van der Waals surface area (Å²) in [5.74, 6) is -1.03. The lowest BCUT2D eigenvalue weighted by molar-refractivity contribution is -0.140.